The van der Waals surface area contributed by atoms with Crippen LogP contribution in [0.2, 0.25) is 0 Å². The molecule has 0 heterocycles. The van der Waals surface area contributed by atoms with Crippen molar-refractivity contribution in [2.75, 3.05) is 27.7 Å². The monoisotopic (exact) mass is 404 g/mol. The number of nitrogens with zero attached hydrogens (tertiary/aromatic N) is 1. The Morgan fingerprint density at radius 2 is 1.46 bits per heavy atom. The molecule has 0 saturated heterocycles. The number of hydrogen-bond donors (Lipinski definition) is 3. The van der Waals surface area contributed by atoms with E-state index in [9.17, 15) is 19.8 Å². The molecule has 0 fully saturated rings. The van der Waals surface area contributed by atoms with E-state index in [0.29, 0.717) is 17.4 Å². The molecular formula is C21H42NO6+. The molecule has 166 valence electrons. The fourth-order valence-electron chi connectivity index (χ4n) is 3.23. The number of aliphatic hydroxyl groups excluding tert-OH is 2. The van der Waals surface area contributed by atoms with Gasteiger partial charge in [0.25, 0.3) is 0 Å². The molecule has 0 rings (SSSR count). The minimum Gasteiger partial charge on any atom is -0.481 e. The van der Waals surface area contributed by atoms with Crippen LogP contribution in [0.5, 0.6) is 0 Å². The van der Waals surface area contributed by atoms with Crippen LogP contribution in [0.15, 0.2) is 0 Å². The van der Waals surface area contributed by atoms with E-state index in [-0.39, 0.29) is 19.3 Å². The number of quaternary nitrogens is 1. The average molecular weight is 405 g/mol. The van der Waals surface area contributed by atoms with Crippen molar-refractivity contribution in [1.29, 1.82) is 0 Å². The van der Waals surface area contributed by atoms with Gasteiger partial charge >= 0.3 is 11.9 Å². The van der Waals surface area contributed by atoms with Crippen molar-refractivity contribution < 1.29 is 34.1 Å². The predicted molar refractivity (Wildman–Crippen MR) is 109 cm³/mol. The van der Waals surface area contributed by atoms with E-state index < -0.39 is 30.3 Å². The first-order valence-corrected chi connectivity index (χ1v) is 10.6. The normalized spacial score (nSPS) is 15.1. The lowest BCUT2D eigenvalue weighted by Gasteiger charge is -2.28. The first-order valence-electron chi connectivity index (χ1n) is 10.6. The average Bonchev–Trinajstić information content (AvgIpc) is 2.51. The quantitative estimate of drug-likeness (QED) is 0.196. The zero-order valence-corrected chi connectivity index (χ0v) is 18.2. The summed E-state index contributed by atoms with van der Waals surface area (Å²) in [7, 11) is 5.66. The second-order valence-corrected chi connectivity index (χ2v) is 8.84. The molecular weight excluding hydrogens is 362 g/mol. The fourth-order valence-corrected chi connectivity index (χ4v) is 3.23. The summed E-state index contributed by atoms with van der Waals surface area (Å²) in [5.74, 6) is -1.66. The van der Waals surface area contributed by atoms with Crippen molar-refractivity contribution in [2.24, 2.45) is 0 Å². The van der Waals surface area contributed by atoms with E-state index in [1.807, 2.05) is 21.1 Å². The molecule has 0 aliphatic carbocycles. The molecule has 7 heteroatoms. The van der Waals surface area contributed by atoms with Crippen molar-refractivity contribution in [3.05, 3.63) is 0 Å². The Morgan fingerprint density at radius 3 is 2.00 bits per heavy atom. The molecule has 0 aromatic carbocycles. The van der Waals surface area contributed by atoms with E-state index in [1.54, 1.807) is 0 Å². The molecule has 0 aliphatic rings. The van der Waals surface area contributed by atoms with E-state index in [1.165, 1.54) is 32.1 Å². The molecule has 0 spiro atoms. The molecule has 3 unspecified atom stereocenters. The standard InChI is InChI=1S/C21H41NO6/c1-5-6-7-8-9-10-11-12-17(23)13-18(24)14-21(27)28-19(15-20(25)26)16-22(2,3)4/h17-19,23-24H,5-16H2,1-4H3/p+1. The Bertz CT molecular complexity index is 435. The molecule has 3 N–H and O–H groups in total. The minimum absolute atomic E-state index is 0.129. The van der Waals surface area contributed by atoms with Crippen LogP contribution in [0.3, 0.4) is 0 Å². The summed E-state index contributed by atoms with van der Waals surface area (Å²) in [6, 6.07) is 0. The van der Waals surface area contributed by atoms with Crippen LogP contribution in [0.25, 0.3) is 0 Å². The number of likely N-dealkylation sites (N-methyl/N-ethyl adjacent to an activating group) is 1. The largest absolute Gasteiger partial charge is 0.481 e. The lowest BCUT2D eigenvalue weighted by molar-refractivity contribution is -0.873. The maximum Gasteiger partial charge on any atom is 0.308 e. The van der Waals surface area contributed by atoms with E-state index in [2.05, 4.69) is 6.92 Å². The van der Waals surface area contributed by atoms with E-state index in [0.717, 1.165) is 12.8 Å². The fraction of sp³-hybridized carbons (Fsp3) is 0.905. The highest BCUT2D eigenvalue weighted by Crippen LogP contribution is 2.14. The SMILES string of the molecule is CCCCCCCCCC(O)CC(O)CC(=O)OC(CC(=O)O)C[N+](C)(C)C. The third-order valence-corrected chi connectivity index (χ3v) is 4.54. The number of carboxylic acid groups (broad SMARTS) is 1. The van der Waals surface area contributed by atoms with Gasteiger partial charge in [-0.05, 0) is 12.8 Å². The minimum atomic E-state index is -1.03. The second kappa shape index (κ2) is 14.8. The third kappa shape index (κ3) is 17.0. The summed E-state index contributed by atoms with van der Waals surface area (Å²) < 4.78 is 5.72. The van der Waals surface area contributed by atoms with Gasteiger partial charge in [-0.2, -0.15) is 0 Å². The van der Waals surface area contributed by atoms with Gasteiger partial charge in [-0.15, -0.1) is 0 Å². The Morgan fingerprint density at radius 1 is 0.893 bits per heavy atom. The lowest BCUT2D eigenvalue weighted by Crippen LogP contribution is -2.44. The van der Waals surface area contributed by atoms with Gasteiger partial charge in [0.15, 0.2) is 6.10 Å². The number of unbranched alkanes of at least 4 members (excludes halogenated alkanes) is 6. The van der Waals surface area contributed by atoms with Crippen LogP contribution in [0.1, 0.15) is 77.6 Å². The van der Waals surface area contributed by atoms with Crippen molar-refractivity contribution >= 4 is 11.9 Å². The number of carboxylic acids is 1. The number of aliphatic carboxylic acids is 1. The number of esters is 1. The number of carbonyl (C=O) groups is 2. The molecule has 3 atom stereocenters. The van der Waals surface area contributed by atoms with Gasteiger partial charge < -0.3 is 24.5 Å². The summed E-state index contributed by atoms with van der Waals surface area (Å²) in [6.45, 7) is 2.56. The van der Waals surface area contributed by atoms with Gasteiger partial charge in [0, 0.05) is 0 Å². The first kappa shape index (κ1) is 26.8. The third-order valence-electron chi connectivity index (χ3n) is 4.54. The molecule has 0 amide bonds. The van der Waals surface area contributed by atoms with Crippen LogP contribution in [-0.2, 0) is 14.3 Å². The number of carbonyl (C=O) groups excluding carboxylic acids is 1. The molecule has 0 aromatic rings. The topological polar surface area (TPSA) is 104 Å². The molecule has 0 aliphatic heterocycles. The number of hydrogen-bond acceptors (Lipinski definition) is 5. The molecule has 7 nitrogen and oxygen atoms in total. The van der Waals surface area contributed by atoms with Gasteiger partial charge in [-0.25, -0.2) is 0 Å². The van der Waals surface area contributed by atoms with Crippen molar-refractivity contribution in [1.82, 2.24) is 0 Å². The zero-order chi connectivity index (χ0) is 21.6. The summed E-state index contributed by atoms with van der Waals surface area (Å²) >= 11 is 0. The van der Waals surface area contributed by atoms with Gasteiger partial charge in [-0.1, -0.05) is 51.9 Å². The van der Waals surface area contributed by atoms with Crippen LogP contribution in [-0.4, -0.2) is 77.7 Å². The highest BCUT2D eigenvalue weighted by Gasteiger charge is 2.26. The summed E-state index contributed by atoms with van der Waals surface area (Å²) in [5, 5.41) is 29.0. The van der Waals surface area contributed by atoms with Crippen molar-refractivity contribution in [3.8, 4) is 0 Å². The van der Waals surface area contributed by atoms with Crippen LogP contribution >= 0.6 is 0 Å². The molecule has 0 saturated carbocycles. The number of aliphatic hydroxyl groups is 2. The molecule has 0 radical (unpaired) electrons. The number of rotatable bonds is 17. The maximum atomic E-state index is 12.0. The first-order chi connectivity index (χ1) is 13.0. The molecule has 0 bridgehead atoms. The lowest BCUT2D eigenvalue weighted by atomic mass is 10.0. The molecule has 28 heavy (non-hydrogen) atoms. The smallest absolute Gasteiger partial charge is 0.308 e. The second-order valence-electron chi connectivity index (χ2n) is 8.84. The van der Waals surface area contributed by atoms with Crippen LogP contribution in [0.4, 0.5) is 0 Å². The Balaban J connectivity index is 4.11. The summed E-state index contributed by atoms with van der Waals surface area (Å²) in [5.41, 5.74) is 0. The number of ether oxygens (including phenoxy) is 1. The maximum absolute atomic E-state index is 12.0. The van der Waals surface area contributed by atoms with Gasteiger partial charge in [0.1, 0.15) is 6.54 Å². The van der Waals surface area contributed by atoms with Crippen LogP contribution < -0.4 is 0 Å². The van der Waals surface area contributed by atoms with Gasteiger partial charge in [0.05, 0.1) is 46.2 Å². The summed E-state index contributed by atoms with van der Waals surface area (Å²) in [4.78, 5) is 23.0. The van der Waals surface area contributed by atoms with Gasteiger partial charge in [-0.3, -0.25) is 9.59 Å². The van der Waals surface area contributed by atoms with Crippen LogP contribution in [0, 0.1) is 0 Å². The Labute approximate surface area is 170 Å². The van der Waals surface area contributed by atoms with Crippen molar-refractivity contribution in [2.45, 2.75) is 95.9 Å². The predicted octanol–water partition coefficient (Wildman–Crippen LogP) is 2.72. The summed E-state index contributed by atoms with van der Waals surface area (Å²) in [6.07, 6.45) is 6.01. The van der Waals surface area contributed by atoms with Crippen molar-refractivity contribution in [3.63, 3.8) is 0 Å². The van der Waals surface area contributed by atoms with E-state index in [4.69, 9.17) is 9.84 Å². The highest BCUT2D eigenvalue weighted by atomic mass is 16.5. The zero-order valence-electron chi connectivity index (χ0n) is 18.2. The molecule has 0 aromatic heterocycles. The van der Waals surface area contributed by atoms with Gasteiger partial charge in [0.2, 0.25) is 0 Å². The highest BCUT2D eigenvalue weighted by molar-refractivity contribution is 5.71. The van der Waals surface area contributed by atoms with E-state index >= 15 is 0 Å². The Kier molecular flexibility index (Phi) is 14.1. The Hall–Kier alpha value is -1.18.